The van der Waals surface area contributed by atoms with Crippen molar-refractivity contribution < 1.29 is 19.3 Å². The Hall–Kier alpha value is -3.21. The summed E-state index contributed by atoms with van der Waals surface area (Å²) >= 11 is 3.38. The number of rotatable bonds is 8. The van der Waals surface area contributed by atoms with Crippen LogP contribution < -0.4 is 14.9 Å². The van der Waals surface area contributed by atoms with Crippen LogP contribution in [0, 0.1) is 20.2 Å². The molecule has 27 heavy (non-hydrogen) atoms. The Labute approximate surface area is 162 Å². The Kier molecular flexibility index (Phi) is 6.66. The van der Waals surface area contributed by atoms with Gasteiger partial charge >= 0.3 is 5.69 Å². The zero-order valence-corrected chi connectivity index (χ0v) is 15.9. The standard InChI is InChI=1S/C16H15BrN4O6/c1-3-27-15-7-10(6-12(17)16(15)26-2)9-18-19-13-5-4-11(20(22)23)8-14(13)21(24)25/h4-9,19H,3H2,1-2H3/b18-9-. The summed E-state index contributed by atoms with van der Waals surface area (Å²) in [5.74, 6) is 1.05. The van der Waals surface area contributed by atoms with Gasteiger partial charge in [-0.3, -0.25) is 25.7 Å². The molecule has 0 aliphatic rings. The molecular weight excluding hydrogens is 424 g/mol. The van der Waals surface area contributed by atoms with Crippen LogP contribution in [0.5, 0.6) is 11.5 Å². The second-order valence-electron chi connectivity index (χ2n) is 5.05. The zero-order chi connectivity index (χ0) is 20.0. The van der Waals surface area contributed by atoms with Gasteiger partial charge in [-0.15, -0.1) is 0 Å². The van der Waals surface area contributed by atoms with Gasteiger partial charge in [0.15, 0.2) is 11.5 Å². The van der Waals surface area contributed by atoms with E-state index in [0.717, 1.165) is 12.1 Å². The Balaban J connectivity index is 2.27. The average Bonchev–Trinajstić information content (AvgIpc) is 2.61. The highest BCUT2D eigenvalue weighted by molar-refractivity contribution is 9.10. The van der Waals surface area contributed by atoms with Gasteiger partial charge in [-0.1, -0.05) is 0 Å². The van der Waals surface area contributed by atoms with E-state index < -0.39 is 15.5 Å². The molecule has 0 saturated heterocycles. The third kappa shape index (κ3) is 4.91. The Morgan fingerprint density at radius 2 is 1.96 bits per heavy atom. The smallest absolute Gasteiger partial charge is 0.301 e. The van der Waals surface area contributed by atoms with E-state index in [0.29, 0.717) is 28.1 Å². The van der Waals surface area contributed by atoms with Crippen molar-refractivity contribution in [3.63, 3.8) is 0 Å². The van der Waals surface area contributed by atoms with Gasteiger partial charge in [-0.2, -0.15) is 5.10 Å². The molecule has 0 saturated carbocycles. The molecule has 2 aromatic carbocycles. The van der Waals surface area contributed by atoms with E-state index in [2.05, 4.69) is 26.5 Å². The molecule has 0 aromatic heterocycles. The molecule has 2 aromatic rings. The van der Waals surface area contributed by atoms with E-state index in [-0.39, 0.29) is 11.4 Å². The van der Waals surface area contributed by atoms with E-state index in [1.165, 1.54) is 19.4 Å². The largest absolute Gasteiger partial charge is 0.492 e. The third-order valence-corrected chi connectivity index (χ3v) is 3.91. The Morgan fingerprint density at radius 1 is 1.22 bits per heavy atom. The number of anilines is 1. The predicted octanol–water partition coefficient (Wildman–Crippen LogP) is 4.12. The molecular formula is C16H15BrN4O6. The lowest BCUT2D eigenvalue weighted by Gasteiger charge is -2.11. The summed E-state index contributed by atoms with van der Waals surface area (Å²) in [7, 11) is 1.52. The van der Waals surface area contributed by atoms with Gasteiger partial charge in [0.1, 0.15) is 5.69 Å². The van der Waals surface area contributed by atoms with Crippen LogP contribution in [0.15, 0.2) is 39.9 Å². The van der Waals surface area contributed by atoms with Crippen molar-refractivity contribution >= 4 is 39.2 Å². The van der Waals surface area contributed by atoms with Crippen LogP contribution in [-0.4, -0.2) is 29.8 Å². The number of hydrogen-bond acceptors (Lipinski definition) is 8. The van der Waals surface area contributed by atoms with Crippen LogP contribution in [0.4, 0.5) is 17.1 Å². The molecule has 2 rings (SSSR count). The van der Waals surface area contributed by atoms with E-state index in [1.54, 1.807) is 12.1 Å². The van der Waals surface area contributed by atoms with Gasteiger partial charge in [0.2, 0.25) is 0 Å². The highest BCUT2D eigenvalue weighted by atomic mass is 79.9. The van der Waals surface area contributed by atoms with Crippen molar-refractivity contribution in [2.24, 2.45) is 5.10 Å². The van der Waals surface area contributed by atoms with Gasteiger partial charge in [-0.25, -0.2) is 0 Å². The minimum Gasteiger partial charge on any atom is -0.492 e. The van der Waals surface area contributed by atoms with E-state index in [9.17, 15) is 20.2 Å². The molecule has 0 aliphatic carbocycles. The van der Waals surface area contributed by atoms with Crippen LogP contribution in [0.2, 0.25) is 0 Å². The molecule has 142 valence electrons. The minimum atomic E-state index is -0.720. The van der Waals surface area contributed by atoms with Gasteiger partial charge in [0, 0.05) is 6.07 Å². The number of nitrogens with zero attached hydrogens (tertiary/aromatic N) is 3. The number of nitro groups is 2. The molecule has 0 radical (unpaired) electrons. The van der Waals surface area contributed by atoms with Gasteiger partial charge < -0.3 is 9.47 Å². The van der Waals surface area contributed by atoms with Crippen molar-refractivity contribution in [3.05, 3.63) is 60.6 Å². The lowest BCUT2D eigenvalue weighted by molar-refractivity contribution is -0.393. The molecule has 0 bridgehead atoms. The lowest BCUT2D eigenvalue weighted by atomic mass is 10.2. The molecule has 1 N–H and O–H groups in total. The highest BCUT2D eigenvalue weighted by Crippen LogP contribution is 2.36. The number of hydrazone groups is 1. The fraction of sp³-hybridized carbons (Fsp3) is 0.188. The summed E-state index contributed by atoms with van der Waals surface area (Å²) in [6, 6.07) is 6.68. The van der Waals surface area contributed by atoms with Crippen molar-refractivity contribution in [3.8, 4) is 11.5 Å². The molecule has 0 heterocycles. The monoisotopic (exact) mass is 438 g/mol. The topological polar surface area (TPSA) is 129 Å². The van der Waals surface area contributed by atoms with E-state index in [1.807, 2.05) is 6.92 Å². The normalized spacial score (nSPS) is 10.6. The first-order valence-corrected chi connectivity index (χ1v) is 8.38. The number of methoxy groups -OCH3 is 1. The van der Waals surface area contributed by atoms with Crippen LogP contribution in [0.1, 0.15) is 12.5 Å². The summed E-state index contributed by atoms with van der Waals surface area (Å²) in [5, 5.41) is 25.8. The van der Waals surface area contributed by atoms with Gasteiger partial charge in [0.05, 0.1) is 40.3 Å². The highest BCUT2D eigenvalue weighted by Gasteiger charge is 2.19. The minimum absolute atomic E-state index is 0.0273. The molecule has 0 amide bonds. The van der Waals surface area contributed by atoms with Gasteiger partial charge in [0.25, 0.3) is 5.69 Å². The third-order valence-electron chi connectivity index (χ3n) is 3.32. The first-order chi connectivity index (χ1) is 12.9. The van der Waals surface area contributed by atoms with Crippen molar-refractivity contribution in [2.45, 2.75) is 6.92 Å². The maximum Gasteiger partial charge on any atom is 0.301 e. The predicted molar refractivity (Wildman–Crippen MR) is 103 cm³/mol. The van der Waals surface area contributed by atoms with Crippen molar-refractivity contribution in [2.75, 3.05) is 19.1 Å². The summed E-state index contributed by atoms with van der Waals surface area (Å²) in [6.07, 6.45) is 1.43. The molecule has 0 fully saturated rings. The van der Waals surface area contributed by atoms with E-state index in [4.69, 9.17) is 9.47 Å². The summed E-state index contributed by atoms with van der Waals surface area (Å²) in [5.41, 5.74) is 2.37. The number of halogens is 1. The number of ether oxygens (including phenoxy) is 2. The van der Waals surface area contributed by atoms with Crippen LogP contribution in [0.3, 0.4) is 0 Å². The zero-order valence-electron chi connectivity index (χ0n) is 14.3. The molecule has 10 nitrogen and oxygen atoms in total. The Morgan fingerprint density at radius 3 is 2.56 bits per heavy atom. The number of nitrogens with one attached hydrogen (secondary N) is 1. The maximum atomic E-state index is 11.1. The fourth-order valence-corrected chi connectivity index (χ4v) is 2.80. The van der Waals surface area contributed by atoms with E-state index >= 15 is 0 Å². The fourth-order valence-electron chi connectivity index (χ4n) is 2.18. The molecule has 11 heteroatoms. The number of non-ortho nitro benzene ring substituents is 1. The summed E-state index contributed by atoms with van der Waals surface area (Å²) < 4.78 is 11.4. The number of benzene rings is 2. The lowest BCUT2D eigenvalue weighted by Crippen LogP contribution is -2.00. The molecule has 0 unspecified atom stereocenters. The SMILES string of the molecule is CCOc1cc(/C=N\Nc2ccc([N+](=O)[O-])cc2[N+](=O)[O-])cc(Br)c1OC. The first-order valence-electron chi connectivity index (χ1n) is 7.59. The van der Waals surface area contributed by atoms with Crippen molar-refractivity contribution in [1.82, 2.24) is 0 Å². The second kappa shape index (κ2) is 8.94. The quantitative estimate of drug-likeness (QED) is 0.372. The van der Waals surface area contributed by atoms with Gasteiger partial charge in [-0.05, 0) is 46.6 Å². The summed E-state index contributed by atoms with van der Waals surface area (Å²) in [4.78, 5) is 20.5. The molecule has 0 spiro atoms. The molecule has 0 aliphatic heterocycles. The average molecular weight is 439 g/mol. The maximum absolute atomic E-state index is 11.1. The Bertz CT molecular complexity index is 903. The summed E-state index contributed by atoms with van der Waals surface area (Å²) in [6.45, 7) is 2.28. The number of hydrogen-bond donors (Lipinski definition) is 1. The first kappa shape index (κ1) is 20.1. The van der Waals surface area contributed by atoms with Crippen LogP contribution >= 0.6 is 15.9 Å². The van der Waals surface area contributed by atoms with Crippen molar-refractivity contribution in [1.29, 1.82) is 0 Å². The molecule has 0 atom stereocenters. The number of nitro benzene ring substituents is 2. The second-order valence-corrected chi connectivity index (χ2v) is 5.91. The van der Waals surface area contributed by atoms with Crippen LogP contribution in [0.25, 0.3) is 0 Å². The van der Waals surface area contributed by atoms with Crippen LogP contribution in [-0.2, 0) is 0 Å².